The maximum absolute atomic E-state index is 15.2. The van der Waals surface area contributed by atoms with Crippen LogP contribution in [0.4, 0.5) is 9.18 Å². The van der Waals surface area contributed by atoms with Gasteiger partial charge in [-0.05, 0) is 34.9 Å². The number of hydrogen-bond donors (Lipinski definition) is 4. The molecule has 3 aromatic rings. The molecule has 2 aliphatic rings. The Morgan fingerprint density at radius 1 is 1.00 bits per heavy atom. The van der Waals surface area contributed by atoms with Gasteiger partial charge in [0.05, 0.1) is 25.9 Å². The van der Waals surface area contributed by atoms with E-state index in [0.717, 1.165) is 21.6 Å². The molecule has 0 aromatic heterocycles. The van der Waals surface area contributed by atoms with Crippen LogP contribution in [-0.4, -0.2) is 78.8 Å². The molecule has 5 rings (SSSR count). The smallest absolute Gasteiger partial charge is 0.325 e. The third kappa shape index (κ3) is 5.20. The fraction of sp³-hybridized carbons (Fsp3) is 0.323. The van der Waals surface area contributed by atoms with Crippen LogP contribution >= 0.6 is 0 Å². The molecule has 0 spiro atoms. The van der Waals surface area contributed by atoms with Crippen LogP contribution in [0.25, 0.3) is 0 Å². The summed E-state index contributed by atoms with van der Waals surface area (Å²) >= 11 is 0. The van der Waals surface area contributed by atoms with Crippen molar-refractivity contribution in [1.82, 2.24) is 15.5 Å². The molecule has 3 aromatic carbocycles. The number of ether oxygens (including phenoxy) is 3. The van der Waals surface area contributed by atoms with Crippen molar-refractivity contribution in [2.45, 2.75) is 35.8 Å². The third-order valence-corrected chi connectivity index (χ3v) is 7.66. The maximum Gasteiger partial charge on any atom is 0.325 e. The molecule has 10 heteroatoms. The van der Waals surface area contributed by atoms with E-state index in [1.54, 1.807) is 13.2 Å². The molecule has 2 amide bonds. The molecule has 1 fully saturated rings. The number of amides is 2. The van der Waals surface area contributed by atoms with E-state index >= 15 is 4.39 Å². The first-order chi connectivity index (χ1) is 19.9. The van der Waals surface area contributed by atoms with Gasteiger partial charge in [-0.1, -0.05) is 72.8 Å². The van der Waals surface area contributed by atoms with E-state index in [1.165, 1.54) is 13.3 Å². The van der Waals surface area contributed by atoms with Crippen LogP contribution in [0, 0.1) is 0 Å². The number of alkyl halides is 1. The molecular formula is C31H34FN3O6. The lowest BCUT2D eigenvalue weighted by Crippen LogP contribution is -2.60. The normalized spacial score (nSPS) is 26.2. The summed E-state index contributed by atoms with van der Waals surface area (Å²) in [7, 11) is 2.96. The third-order valence-electron chi connectivity index (χ3n) is 7.66. The van der Waals surface area contributed by atoms with Gasteiger partial charge < -0.3 is 29.7 Å². The van der Waals surface area contributed by atoms with Gasteiger partial charge in [-0.3, -0.25) is 10.2 Å². The van der Waals surface area contributed by atoms with Crippen LogP contribution in [0.3, 0.4) is 0 Å². The van der Waals surface area contributed by atoms with E-state index < -0.39 is 48.4 Å². The van der Waals surface area contributed by atoms with Crippen molar-refractivity contribution in [3.8, 4) is 5.75 Å². The second-order valence-corrected chi connectivity index (χ2v) is 10.1. The summed E-state index contributed by atoms with van der Waals surface area (Å²) in [6, 6.07) is 26.8. The molecule has 2 heterocycles. The van der Waals surface area contributed by atoms with E-state index in [0.29, 0.717) is 5.75 Å². The number of carbonyl (C=O) groups excluding carboxylic acids is 1. The predicted molar refractivity (Wildman–Crippen MR) is 150 cm³/mol. The van der Waals surface area contributed by atoms with Crippen LogP contribution in [0.2, 0.25) is 0 Å². The van der Waals surface area contributed by atoms with Crippen molar-refractivity contribution in [2.24, 2.45) is 0 Å². The first-order valence-electron chi connectivity index (χ1n) is 13.3. The van der Waals surface area contributed by atoms with Crippen LogP contribution in [0.15, 0.2) is 97.2 Å². The van der Waals surface area contributed by atoms with Crippen LogP contribution in [-0.2, 0) is 15.0 Å². The first-order valence-corrected chi connectivity index (χ1v) is 13.3. The molecule has 0 radical (unpaired) electrons. The SMILES string of the molecule is COC[C@]1(CO)O[C@@H](N2C=CC(NC(c3ccccc3)(c3ccccc3)c3ccc(OC)cc3)NC2=O)[C@H](F)[C@@H]1O. The summed E-state index contributed by atoms with van der Waals surface area (Å²) in [5.74, 6) is 0.706. The Morgan fingerprint density at radius 2 is 1.59 bits per heavy atom. The number of methoxy groups -OCH3 is 2. The van der Waals surface area contributed by atoms with Crippen molar-refractivity contribution < 1.29 is 33.6 Å². The number of aliphatic hydroxyl groups excluding tert-OH is 2. The lowest BCUT2D eigenvalue weighted by molar-refractivity contribution is -0.158. The number of urea groups is 1. The number of nitrogens with one attached hydrogen (secondary N) is 2. The molecule has 0 bridgehead atoms. The van der Waals surface area contributed by atoms with Gasteiger partial charge in [0.25, 0.3) is 0 Å². The Bertz CT molecular complexity index is 1300. The molecule has 0 aliphatic carbocycles. The molecule has 1 saturated heterocycles. The van der Waals surface area contributed by atoms with Crippen LogP contribution in [0.1, 0.15) is 16.7 Å². The van der Waals surface area contributed by atoms with Gasteiger partial charge in [0.15, 0.2) is 12.4 Å². The zero-order chi connectivity index (χ0) is 29.0. The summed E-state index contributed by atoms with van der Waals surface area (Å²) in [4.78, 5) is 14.4. The minimum absolute atomic E-state index is 0.247. The number of halogens is 1. The molecule has 2 aliphatic heterocycles. The van der Waals surface area contributed by atoms with Crippen molar-refractivity contribution >= 4 is 6.03 Å². The molecule has 4 N–H and O–H groups in total. The van der Waals surface area contributed by atoms with E-state index in [2.05, 4.69) is 10.6 Å². The molecule has 5 atom stereocenters. The quantitative estimate of drug-likeness (QED) is 0.281. The number of nitrogens with zero attached hydrogens (tertiary/aromatic N) is 1. The largest absolute Gasteiger partial charge is 0.497 e. The average Bonchev–Trinajstić information content (AvgIpc) is 3.26. The first kappa shape index (κ1) is 28.7. The van der Waals surface area contributed by atoms with Crippen LogP contribution in [0.5, 0.6) is 5.75 Å². The Hall–Kier alpha value is -3.80. The Kier molecular flexibility index (Phi) is 8.39. The molecule has 1 unspecified atom stereocenters. The van der Waals surface area contributed by atoms with Crippen LogP contribution < -0.4 is 15.4 Å². The summed E-state index contributed by atoms with van der Waals surface area (Å²) in [5, 5.41) is 26.9. The maximum atomic E-state index is 15.2. The molecule has 0 saturated carbocycles. The van der Waals surface area contributed by atoms with Gasteiger partial charge >= 0.3 is 6.03 Å². The van der Waals surface area contributed by atoms with Gasteiger partial charge in [0.1, 0.15) is 23.6 Å². The summed E-state index contributed by atoms with van der Waals surface area (Å²) in [5.41, 5.74) is 0.164. The predicted octanol–water partition coefficient (Wildman–Crippen LogP) is 2.87. The standard InChI is InChI=1S/C31H34FN3O6/c1-39-20-30(19-36)27(37)26(32)28(41-30)35-18-17-25(33-29(35)38)34-31(21-9-5-3-6-10-21,22-11-7-4-8-12-22)23-13-15-24(40-2)16-14-23/h3-18,25-28,34,36-37H,19-20H2,1-2H3,(H,33,38)/t25?,26-,27+,28-,30+/m1/s1. The molecular weight excluding hydrogens is 529 g/mol. The number of carbonyl (C=O) groups is 1. The zero-order valence-corrected chi connectivity index (χ0v) is 22.8. The highest BCUT2D eigenvalue weighted by molar-refractivity contribution is 5.77. The summed E-state index contributed by atoms with van der Waals surface area (Å²) in [6.07, 6.45) is -2.69. The van der Waals surface area contributed by atoms with E-state index in [9.17, 15) is 15.0 Å². The van der Waals surface area contributed by atoms with Gasteiger partial charge in [0, 0.05) is 13.3 Å². The highest BCUT2D eigenvalue weighted by atomic mass is 19.1. The van der Waals surface area contributed by atoms with Gasteiger partial charge in [-0.2, -0.15) is 0 Å². The summed E-state index contributed by atoms with van der Waals surface area (Å²) < 4.78 is 31.4. The van der Waals surface area contributed by atoms with Crippen molar-refractivity contribution in [2.75, 3.05) is 27.4 Å². The van der Waals surface area contributed by atoms with E-state index in [1.807, 2.05) is 84.9 Å². The Labute approximate surface area is 238 Å². The van der Waals surface area contributed by atoms with E-state index in [4.69, 9.17) is 14.2 Å². The van der Waals surface area contributed by atoms with Gasteiger partial charge in [-0.15, -0.1) is 0 Å². The Morgan fingerprint density at radius 3 is 2.10 bits per heavy atom. The number of rotatable bonds is 10. The molecule has 9 nitrogen and oxygen atoms in total. The number of hydrogen-bond acceptors (Lipinski definition) is 7. The van der Waals surface area contributed by atoms with E-state index in [-0.39, 0.29) is 6.61 Å². The summed E-state index contributed by atoms with van der Waals surface area (Å²) in [6.45, 7) is -0.926. The monoisotopic (exact) mass is 563 g/mol. The highest BCUT2D eigenvalue weighted by Gasteiger charge is 2.58. The minimum Gasteiger partial charge on any atom is -0.497 e. The van der Waals surface area contributed by atoms with Crippen molar-refractivity contribution in [3.05, 3.63) is 114 Å². The highest BCUT2D eigenvalue weighted by Crippen LogP contribution is 2.39. The lowest BCUT2D eigenvalue weighted by Gasteiger charge is -2.41. The second kappa shape index (κ2) is 12.0. The molecule has 216 valence electrons. The zero-order valence-electron chi connectivity index (χ0n) is 22.8. The molecule has 41 heavy (non-hydrogen) atoms. The van der Waals surface area contributed by atoms with Gasteiger partial charge in [0.2, 0.25) is 0 Å². The number of benzene rings is 3. The Balaban J connectivity index is 1.52. The topological polar surface area (TPSA) is 113 Å². The lowest BCUT2D eigenvalue weighted by atomic mass is 9.76. The van der Waals surface area contributed by atoms with Gasteiger partial charge in [-0.25, -0.2) is 9.18 Å². The minimum atomic E-state index is -1.97. The fourth-order valence-corrected chi connectivity index (χ4v) is 5.56. The second-order valence-electron chi connectivity index (χ2n) is 10.1. The average molecular weight is 564 g/mol. The van der Waals surface area contributed by atoms with Crippen molar-refractivity contribution in [3.63, 3.8) is 0 Å². The fourth-order valence-electron chi connectivity index (χ4n) is 5.56. The number of aliphatic hydroxyl groups is 2. The van der Waals surface area contributed by atoms with Crippen molar-refractivity contribution in [1.29, 1.82) is 0 Å².